The topological polar surface area (TPSA) is 118 Å². The van der Waals surface area contributed by atoms with Gasteiger partial charge in [0.2, 0.25) is 0 Å². The number of carboxylic acids is 1. The van der Waals surface area contributed by atoms with E-state index in [1.54, 1.807) is 0 Å². The van der Waals surface area contributed by atoms with Gasteiger partial charge < -0.3 is 10.8 Å². The van der Waals surface area contributed by atoms with Crippen molar-refractivity contribution in [3.63, 3.8) is 0 Å². The van der Waals surface area contributed by atoms with Gasteiger partial charge >= 0.3 is 5.97 Å². The number of halogens is 1. The van der Waals surface area contributed by atoms with E-state index in [1.165, 1.54) is 0 Å². The Kier molecular flexibility index (Phi) is 1.91. The Bertz CT molecular complexity index is 354. The third-order valence-electron chi connectivity index (χ3n) is 2.03. The molecule has 0 aromatic carbocycles. The summed E-state index contributed by atoms with van der Waals surface area (Å²) in [5.74, 6) is -2.89. The first-order valence-electron chi connectivity index (χ1n) is 3.27. The normalized spacial score (nSPS) is 38.7. The van der Waals surface area contributed by atoms with Crippen LogP contribution in [0.1, 0.15) is 6.42 Å². The largest absolute Gasteiger partial charge is 0.480 e. The van der Waals surface area contributed by atoms with Crippen molar-refractivity contribution in [2.45, 2.75) is 17.6 Å². The van der Waals surface area contributed by atoms with Crippen molar-refractivity contribution in [3.05, 3.63) is 0 Å². The van der Waals surface area contributed by atoms with Crippen molar-refractivity contribution in [1.82, 2.24) is 0 Å². The SMILES string of the molecule is N[C@]1(C(=O)O)C[C@@]1(F)CS(=O)(=O)O. The van der Waals surface area contributed by atoms with Crippen molar-refractivity contribution in [3.8, 4) is 0 Å². The van der Waals surface area contributed by atoms with Crippen LogP contribution in [0.25, 0.3) is 0 Å². The van der Waals surface area contributed by atoms with Gasteiger partial charge in [0.05, 0.1) is 0 Å². The quantitative estimate of drug-likeness (QED) is 0.505. The molecule has 0 aromatic rings. The molecule has 76 valence electrons. The molecular weight excluding hydrogens is 205 g/mol. The van der Waals surface area contributed by atoms with Gasteiger partial charge in [-0.25, -0.2) is 4.39 Å². The summed E-state index contributed by atoms with van der Waals surface area (Å²) in [6.45, 7) is 0. The minimum Gasteiger partial charge on any atom is -0.480 e. The third-order valence-corrected chi connectivity index (χ3v) is 2.85. The van der Waals surface area contributed by atoms with E-state index in [4.69, 9.17) is 15.4 Å². The highest BCUT2D eigenvalue weighted by Crippen LogP contribution is 2.50. The standard InChI is InChI=1S/C5H8FNO5S/c6-4(2-13(10,11)12)1-5(4,7)3(8)9/h1-2,7H2,(H,8,9)(H,10,11,12)/t4-,5+/m1/s1. The number of hydrogen-bond donors (Lipinski definition) is 3. The molecule has 8 heteroatoms. The van der Waals surface area contributed by atoms with Crippen molar-refractivity contribution < 1.29 is 27.3 Å². The summed E-state index contributed by atoms with van der Waals surface area (Å²) in [7, 11) is -4.54. The van der Waals surface area contributed by atoms with Crippen LogP contribution in [-0.4, -0.2) is 41.0 Å². The lowest BCUT2D eigenvalue weighted by Crippen LogP contribution is -2.43. The van der Waals surface area contributed by atoms with Gasteiger partial charge in [-0.05, 0) is 0 Å². The molecule has 0 aromatic heterocycles. The van der Waals surface area contributed by atoms with Crippen molar-refractivity contribution >= 4 is 16.1 Å². The Balaban J connectivity index is 2.82. The van der Waals surface area contributed by atoms with E-state index < -0.39 is 39.5 Å². The first-order valence-corrected chi connectivity index (χ1v) is 4.88. The summed E-state index contributed by atoms with van der Waals surface area (Å²) < 4.78 is 42.1. The molecular formula is C5H8FNO5S. The molecule has 0 radical (unpaired) electrons. The summed E-state index contributed by atoms with van der Waals surface area (Å²) >= 11 is 0. The molecule has 13 heavy (non-hydrogen) atoms. The number of carboxylic acid groups (broad SMARTS) is 1. The lowest BCUT2D eigenvalue weighted by molar-refractivity contribution is -0.140. The predicted octanol–water partition coefficient (Wildman–Crippen LogP) is -1.23. The zero-order valence-electron chi connectivity index (χ0n) is 6.40. The summed E-state index contributed by atoms with van der Waals surface area (Å²) in [4.78, 5) is 10.3. The Morgan fingerprint density at radius 3 is 2.31 bits per heavy atom. The van der Waals surface area contributed by atoms with Gasteiger partial charge in [-0.3, -0.25) is 9.35 Å². The Labute approximate surface area is 73.3 Å². The number of rotatable bonds is 3. The van der Waals surface area contributed by atoms with Crippen molar-refractivity contribution in [1.29, 1.82) is 0 Å². The van der Waals surface area contributed by atoms with Gasteiger partial charge in [-0.15, -0.1) is 0 Å². The van der Waals surface area contributed by atoms with Gasteiger partial charge in [-0.2, -0.15) is 8.42 Å². The lowest BCUT2D eigenvalue weighted by Gasteiger charge is -2.08. The molecule has 0 saturated heterocycles. The molecule has 0 unspecified atom stereocenters. The number of aliphatic carboxylic acids is 1. The average molecular weight is 213 g/mol. The molecule has 0 heterocycles. The molecule has 1 fully saturated rings. The molecule has 1 aliphatic rings. The monoisotopic (exact) mass is 213 g/mol. The van der Waals surface area contributed by atoms with E-state index >= 15 is 0 Å². The van der Waals surface area contributed by atoms with Crippen LogP contribution in [0.2, 0.25) is 0 Å². The lowest BCUT2D eigenvalue weighted by atomic mass is 10.2. The van der Waals surface area contributed by atoms with E-state index in [-0.39, 0.29) is 0 Å². The van der Waals surface area contributed by atoms with E-state index in [1.807, 2.05) is 0 Å². The predicted molar refractivity (Wildman–Crippen MR) is 39.4 cm³/mol. The summed E-state index contributed by atoms with van der Waals surface area (Å²) in [5, 5.41) is 8.40. The van der Waals surface area contributed by atoms with Crippen LogP contribution >= 0.6 is 0 Å². The maximum Gasteiger partial charge on any atom is 0.327 e. The van der Waals surface area contributed by atoms with E-state index in [0.29, 0.717) is 0 Å². The number of carbonyl (C=O) groups is 1. The smallest absolute Gasteiger partial charge is 0.327 e. The second-order valence-electron chi connectivity index (χ2n) is 3.14. The minimum atomic E-state index is -4.54. The Hall–Kier alpha value is -0.730. The fourth-order valence-electron chi connectivity index (χ4n) is 1.13. The molecule has 2 atom stereocenters. The third kappa shape index (κ3) is 1.64. The number of nitrogens with two attached hydrogens (primary N) is 1. The maximum atomic E-state index is 13.3. The average Bonchev–Trinajstić information content (AvgIpc) is 2.30. The van der Waals surface area contributed by atoms with Gasteiger partial charge in [0.15, 0.2) is 11.2 Å². The van der Waals surface area contributed by atoms with Crippen LogP contribution in [0.4, 0.5) is 4.39 Å². The van der Waals surface area contributed by atoms with Gasteiger partial charge in [0, 0.05) is 6.42 Å². The highest BCUT2D eigenvalue weighted by molar-refractivity contribution is 7.85. The first-order chi connectivity index (χ1) is 5.61. The summed E-state index contributed by atoms with van der Waals surface area (Å²) in [6.07, 6.45) is -0.602. The highest BCUT2D eigenvalue weighted by Gasteiger charge is 2.73. The molecule has 0 amide bonds. The second kappa shape index (κ2) is 2.40. The molecule has 0 aliphatic heterocycles. The maximum absolute atomic E-state index is 13.3. The van der Waals surface area contributed by atoms with E-state index in [0.717, 1.165) is 0 Å². The van der Waals surface area contributed by atoms with Crippen LogP contribution in [0.3, 0.4) is 0 Å². The van der Waals surface area contributed by atoms with Gasteiger partial charge in [0.1, 0.15) is 5.75 Å². The Morgan fingerprint density at radius 2 is 2.08 bits per heavy atom. The minimum absolute atomic E-state index is 0.602. The zero-order chi connectivity index (χ0) is 10.5. The fourth-order valence-corrected chi connectivity index (χ4v) is 2.07. The zero-order valence-corrected chi connectivity index (χ0v) is 7.21. The molecule has 1 aliphatic carbocycles. The second-order valence-corrected chi connectivity index (χ2v) is 4.60. The van der Waals surface area contributed by atoms with Crippen LogP contribution in [-0.2, 0) is 14.9 Å². The van der Waals surface area contributed by atoms with Crippen LogP contribution in [0, 0.1) is 0 Å². The summed E-state index contributed by atoms with van der Waals surface area (Å²) in [5.41, 5.74) is 0.298. The molecule has 6 nitrogen and oxygen atoms in total. The highest BCUT2D eigenvalue weighted by atomic mass is 32.2. The number of hydrogen-bond acceptors (Lipinski definition) is 4. The fraction of sp³-hybridized carbons (Fsp3) is 0.800. The molecule has 1 saturated carbocycles. The molecule has 1 rings (SSSR count). The van der Waals surface area contributed by atoms with Crippen molar-refractivity contribution in [2.75, 3.05) is 5.75 Å². The molecule has 4 N–H and O–H groups in total. The molecule has 0 bridgehead atoms. The first kappa shape index (κ1) is 10.4. The molecule has 0 spiro atoms. The van der Waals surface area contributed by atoms with Crippen molar-refractivity contribution in [2.24, 2.45) is 5.73 Å². The number of alkyl halides is 1. The van der Waals surface area contributed by atoms with Gasteiger partial charge in [0.25, 0.3) is 10.1 Å². The van der Waals surface area contributed by atoms with E-state index in [2.05, 4.69) is 0 Å². The van der Waals surface area contributed by atoms with Gasteiger partial charge in [-0.1, -0.05) is 0 Å². The van der Waals surface area contributed by atoms with Crippen LogP contribution < -0.4 is 5.73 Å². The van der Waals surface area contributed by atoms with E-state index in [9.17, 15) is 17.6 Å². The van der Waals surface area contributed by atoms with Crippen LogP contribution in [0.5, 0.6) is 0 Å². The Morgan fingerprint density at radius 1 is 1.62 bits per heavy atom. The summed E-state index contributed by atoms with van der Waals surface area (Å²) in [6, 6.07) is 0. The van der Waals surface area contributed by atoms with Crippen LogP contribution in [0.15, 0.2) is 0 Å².